The van der Waals surface area contributed by atoms with Gasteiger partial charge in [-0.1, -0.05) is 13.8 Å². The Morgan fingerprint density at radius 2 is 1.83 bits per heavy atom. The summed E-state index contributed by atoms with van der Waals surface area (Å²) in [6.45, 7) is 10.3. The van der Waals surface area contributed by atoms with E-state index in [0.29, 0.717) is 43.1 Å². The minimum absolute atomic E-state index is 0.0297. The monoisotopic (exact) mass is 589 g/mol. The van der Waals surface area contributed by atoms with E-state index in [4.69, 9.17) is 14.1 Å². The number of aliphatic carboxylic acids is 1. The van der Waals surface area contributed by atoms with Crippen molar-refractivity contribution in [3.05, 3.63) is 22.3 Å². The second-order valence-corrected chi connectivity index (χ2v) is 12.9. The number of hydrogen-bond acceptors (Lipinski definition) is 9. The van der Waals surface area contributed by atoms with Crippen LogP contribution < -0.4 is 0 Å². The molecule has 3 amide bonds. The molecule has 3 atom stereocenters. The molecule has 2 aromatic heterocycles. The van der Waals surface area contributed by atoms with Crippen LogP contribution >= 0.6 is 11.3 Å². The van der Waals surface area contributed by atoms with Gasteiger partial charge in [0.25, 0.3) is 5.91 Å². The summed E-state index contributed by atoms with van der Waals surface area (Å²) in [7, 11) is 1.61. The molecule has 0 aliphatic carbocycles. The number of carbonyl (C=O) groups excluding carboxylic acids is 3. The fourth-order valence-electron chi connectivity index (χ4n) is 5.25. The van der Waals surface area contributed by atoms with Gasteiger partial charge >= 0.3 is 12.1 Å². The number of carboxylic acids is 1. The lowest BCUT2D eigenvalue weighted by Gasteiger charge is -2.34. The second kappa shape index (κ2) is 12.2. The van der Waals surface area contributed by atoms with Gasteiger partial charge in [-0.15, -0.1) is 11.3 Å². The van der Waals surface area contributed by atoms with Crippen LogP contribution in [0.15, 0.2) is 16.1 Å². The number of likely N-dealkylation sites (tertiary alicyclic amines) is 2. The standard InChI is InChI=1S/C28H39N5O7S/c1-16(2)13-21(31(6)27(38)40-28(3,4)5)25(35)32-11-7-9-19(32)23-30-18(15-41-23)22-29-17(14-39-22)24(34)33-12-8-10-20(33)26(36)37/h14-16,19-21H,7-13H2,1-6H3,(H,36,37)/t19-,20-,21-/m0/s1. The van der Waals surface area contributed by atoms with E-state index in [1.807, 2.05) is 13.8 Å². The van der Waals surface area contributed by atoms with E-state index < -0.39 is 35.7 Å². The van der Waals surface area contributed by atoms with Crippen molar-refractivity contribution < 1.29 is 33.4 Å². The maximum Gasteiger partial charge on any atom is 0.410 e. The minimum Gasteiger partial charge on any atom is -0.480 e. The van der Waals surface area contributed by atoms with E-state index in [-0.39, 0.29) is 29.5 Å². The van der Waals surface area contributed by atoms with Gasteiger partial charge in [-0.05, 0) is 58.8 Å². The quantitative estimate of drug-likeness (QED) is 0.472. The van der Waals surface area contributed by atoms with Crippen LogP contribution in [0.2, 0.25) is 0 Å². The first-order chi connectivity index (χ1) is 19.3. The number of nitrogens with zero attached hydrogens (tertiary/aromatic N) is 5. The van der Waals surface area contributed by atoms with Gasteiger partial charge in [0.1, 0.15) is 34.6 Å². The highest BCUT2D eigenvalue weighted by molar-refractivity contribution is 7.10. The molecule has 2 aliphatic rings. The number of amides is 3. The maximum atomic E-state index is 13.9. The predicted octanol–water partition coefficient (Wildman–Crippen LogP) is 4.43. The molecule has 0 saturated carbocycles. The van der Waals surface area contributed by atoms with Crippen molar-refractivity contribution in [3.63, 3.8) is 0 Å². The summed E-state index contributed by atoms with van der Waals surface area (Å²) in [6.07, 6.45) is 3.73. The summed E-state index contributed by atoms with van der Waals surface area (Å²) in [4.78, 5) is 64.6. The Labute approximate surface area is 243 Å². The molecule has 13 heteroatoms. The van der Waals surface area contributed by atoms with Crippen molar-refractivity contribution in [1.29, 1.82) is 0 Å². The first-order valence-electron chi connectivity index (χ1n) is 14.0. The van der Waals surface area contributed by atoms with Crippen molar-refractivity contribution >= 4 is 35.2 Å². The first kappa shape index (κ1) is 30.5. The Hall–Kier alpha value is -3.48. The average molecular weight is 590 g/mol. The van der Waals surface area contributed by atoms with Gasteiger partial charge in [0.2, 0.25) is 11.8 Å². The Morgan fingerprint density at radius 3 is 2.49 bits per heavy atom. The van der Waals surface area contributed by atoms with Crippen LogP contribution in [0.1, 0.15) is 88.3 Å². The lowest BCUT2D eigenvalue weighted by molar-refractivity contribution is -0.141. The van der Waals surface area contributed by atoms with Gasteiger partial charge in [0.05, 0.1) is 6.04 Å². The molecule has 2 aliphatic heterocycles. The topological polar surface area (TPSA) is 146 Å². The highest BCUT2D eigenvalue weighted by Crippen LogP contribution is 2.37. The molecule has 12 nitrogen and oxygen atoms in total. The van der Waals surface area contributed by atoms with E-state index in [2.05, 4.69) is 4.98 Å². The summed E-state index contributed by atoms with van der Waals surface area (Å²) >= 11 is 1.37. The number of carboxylic acid groups (broad SMARTS) is 1. The third-order valence-electron chi connectivity index (χ3n) is 7.21. The van der Waals surface area contributed by atoms with E-state index in [1.54, 1.807) is 38.1 Å². The molecule has 4 heterocycles. The highest BCUT2D eigenvalue weighted by Gasteiger charge is 2.40. The van der Waals surface area contributed by atoms with E-state index >= 15 is 0 Å². The predicted molar refractivity (Wildman–Crippen MR) is 150 cm³/mol. The van der Waals surface area contributed by atoms with E-state index in [0.717, 1.165) is 12.8 Å². The molecule has 0 bridgehead atoms. The van der Waals surface area contributed by atoms with Crippen molar-refractivity contribution in [2.75, 3.05) is 20.1 Å². The molecule has 41 heavy (non-hydrogen) atoms. The molecule has 2 fully saturated rings. The molecule has 2 aromatic rings. The molecular weight excluding hydrogens is 550 g/mol. The molecule has 224 valence electrons. The zero-order valence-electron chi connectivity index (χ0n) is 24.5. The number of likely N-dealkylation sites (N-methyl/N-ethyl adjacent to an activating group) is 1. The number of carbonyl (C=O) groups is 4. The SMILES string of the molecule is CC(C)C[C@@H](C(=O)N1CCC[C@H]1c1nc(-c2nc(C(=O)N3CCC[C@H]3C(=O)O)co2)cs1)N(C)C(=O)OC(C)(C)C. The molecular formula is C28H39N5O7S. The van der Waals surface area contributed by atoms with E-state index in [1.165, 1.54) is 27.4 Å². The van der Waals surface area contributed by atoms with Gasteiger partial charge < -0.3 is 24.1 Å². The summed E-state index contributed by atoms with van der Waals surface area (Å²) in [5.41, 5.74) is -0.215. The van der Waals surface area contributed by atoms with Gasteiger partial charge in [0, 0.05) is 25.5 Å². The normalized spacial score (nSPS) is 20.0. The van der Waals surface area contributed by atoms with Crippen LogP contribution in [0.5, 0.6) is 0 Å². The third-order valence-corrected chi connectivity index (χ3v) is 8.16. The Balaban J connectivity index is 1.50. The second-order valence-electron chi connectivity index (χ2n) is 12.0. The number of ether oxygens (including phenoxy) is 1. The summed E-state index contributed by atoms with van der Waals surface area (Å²) in [5.74, 6) is -1.34. The van der Waals surface area contributed by atoms with Crippen molar-refractivity contribution in [1.82, 2.24) is 24.7 Å². The summed E-state index contributed by atoms with van der Waals surface area (Å²) in [5, 5.41) is 11.9. The van der Waals surface area contributed by atoms with Crippen LogP contribution in [-0.4, -0.2) is 91.5 Å². The zero-order chi connectivity index (χ0) is 30.1. The molecule has 2 saturated heterocycles. The van der Waals surface area contributed by atoms with Crippen LogP contribution in [-0.2, 0) is 14.3 Å². The fraction of sp³-hybridized carbons (Fsp3) is 0.643. The van der Waals surface area contributed by atoms with Gasteiger partial charge in [-0.2, -0.15) is 0 Å². The smallest absolute Gasteiger partial charge is 0.410 e. The highest BCUT2D eigenvalue weighted by atomic mass is 32.1. The largest absolute Gasteiger partial charge is 0.480 e. The lowest BCUT2D eigenvalue weighted by Crippen LogP contribution is -2.50. The number of hydrogen-bond donors (Lipinski definition) is 1. The minimum atomic E-state index is -1.03. The average Bonchev–Trinajstić information content (AvgIpc) is 3.70. The fourth-order valence-corrected chi connectivity index (χ4v) is 6.19. The molecule has 0 unspecified atom stereocenters. The molecule has 0 spiro atoms. The van der Waals surface area contributed by atoms with Crippen LogP contribution in [0.25, 0.3) is 11.6 Å². The number of oxazole rings is 1. The maximum absolute atomic E-state index is 13.9. The van der Waals surface area contributed by atoms with Crippen LogP contribution in [0.3, 0.4) is 0 Å². The van der Waals surface area contributed by atoms with Crippen molar-refractivity contribution in [2.24, 2.45) is 5.92 Å². The first-order valence-corrected chi connectivity index (χ1v) is 14.9. The van der Waals surface area contributed by atoms with E-state index in [9.17, 15) is 24.3 Å². The summed E-state index contributed by atoms with van der Waals surface area (Å²) < 4.78 is 11.1. The third kappa shape index (κ3) is 6.88. The Morgan fingerprint density at radius 1 is 1.15 bits per heavy atom. The lowest BCUT2D eigenvalue weighted by atomic mass is 10.0. The Kier molecular flexibility index (Phi) is 9.05. The van der Waals surface area contributed by atoms with Crippen LogP contribution in [0, 0.1) is 5.92 Å². The van der Waals surface area contributed by atoms with Crippen molar-refractivity contribution in [2.45, 2.75) is 90.4 Å². The van der Waals surface area contributed by atoms with Crippen molar-refractivity contribution in [3.8, 4) is 11.6 Å². The molecule has 0 radical (unpaired) electrons. The zero-order valence-corrected chi connectivity index (χ0v) is 25.3. The van der Waals surface area contributed by atoms with Gasteiger partial charge in [-0.3, -0.25) is 14.5 Å². The number of thiazole rings is 1. The molecule has 1 N–H and O–H groups in total. The van der Waals surface area contributed by atoms with Gasteiger partial charge in [0.15, 0.2) is 5.69 Å². The number of aromatic nitrogens is 2. The summed E-state index contributed by atoms with van der Waals surface area (Å²) in [6, 6.07) is -1.81. The molecule has 4 rings (SSSR count). The molecule has 0 aromatic carbocycles. The Bertz CT molecular complexity index is 1280. The van der Waals surface area contributed by atoms with Gasteiger partial charge in [-0.25, -0.2) is 19.6 Å². The van der Waals surface area contributed by atoms with Crippen LogP contribution in [0.4, 0.5) is 4.79 Å². The number of rotatable bonds is 8.